The molecule has 26 heavy (non-hydrogen) atoms. The van der Waals surface area contributed by atoms with Crippen LogP contribution < -0.4 is 5.32 Å². The van der Waals surface area contributed by atoms with Crippen molar-refractivity contribution in [1.29, 1.82) is 0 Å². The van der Waals surface area contributed by atoms with E-state index in [0.717, 1.165) is 18.2 Å². The fourth-order valence-corrected chi connectivity index (χ4v) is 2.61. The zero-order chi connectivity index (χ0) is 19.5. The van der Waals surface area contributed by atoms with Crippen molar-refractivity contribution < 1.29 is 22.7 Å². The van der Waals surface area contributed by atoms with Crippen LogP contribution in [0.5, 0.6) is 0 Å². The van der Waals surface area contributed by atoms with Gasteiger partial charge >= 0.3 is 6.18 Å². The van der Waals surface area contributed by atoms with E-state index in [1.54, 1.807) is 26.8 Å². The van der Waals surface area contributed by atoms with Gasteiger partial charge in [-0.05, 0) is 38.5 Å². The van der Waals surface area contributed by atoms with Crippen molar-refractivity contribution in [3.05, 3.63) is 40.5 Å². The number of rotatable bonds is 6. The third-order valence-electron chi connectivity index (χ3n) is 3.62. The summed E-state index contributed by atoms with van der Waals surface area (Å²) < 4.78 is 45.6. The maximum absolute atomic E-state index is 13.0. The van der Waals surface area contributed by atoms with Crippen molar-refractivity contribution in [2.75, 3.05) is 11.9 Å². The maximum Gasteiger partial charge on any atom is 0.416 e. The van der Waals surface area contributed by atoms with Gasteiger partial charge in [0.1, 0.15) is 11.9 Å². The molecule has 0 bridgehead atoms. The second kappa shape index (κ2) is 8.09. The smallest absolute Gasteiger partial charge is 0.369 e. The second-order valence-corrected chi connectivity index (χ2v) is 6.00. The lowest BCUT2D eigenvalue weighted by Crippen LogP contribution is -2.30. The average molecular weight is 390 g/mol. The largest absolute Gasteiger partial charge is 0.416 e. The monoisotopic (exact) mass is 389 g/mol. The number of ether oxygens (including phenoxy) is 1. The minimum absolute atomic E-state index is 0.0225. The molecule has 0 aliphatic heterocycles. The normalized spacial score (nSPS) is 12.9. The van der Waals surface area contributed by atoms with Crippen LogP contribution in [-0.2, 0) is 15.7 Å². The molecule has 0 saturated heterocycles. The highest BCUT2D eigenvalue weighted by atomic mass is 35.5. The van der Waals surface area contributed by atoms with Gasteiger partial charge in [-0.3, -0.25) is 4.79 Å². The summed E-state index contributed by atoms with van der Waals surface area (Å²) in [5, 5.41) is 6.88. The van der Waals surface area contributed by atoms with Crippen LogP contribution in [0.25, 0.3) is 5.69 Å². The summed E-state index contributed by atoms with van der Waals surface area (Å²) in [5.41, 5.74) is -0.323. The molecule has 5 nitrogen and oxygen atoms in total. The Balaban J connectivity index is 2.42. The number of carbonyl (C=O) groups is 1. The number of amides is 1. The topological polar surface area (TPSA) is 56.1 Å². The van der Waals surface area contributed by atoms with E-state index in [-0.39, 0.29) is 16.5 Å². The number of halogens is 4. The van der Waals surface area contributed by atoms with Gasteiger partial charge in [0.15, 0.2) is 0 Å². The Morgan fingerprint density at radius 2 is 2.04 bits per heavy atom. The zero-order valence-corrected chi connectivity index (χ0v) is 15.3. The lowest BCUT2D eigenvalue weighted by molar-refractivity contribution is -0.137. The van der Waals surface area contributed by atoms with Crippen molar-refractivity contribution in [2.45, 2.75) is 39.5 Å². The molecule has 0 saturated carbocycles. The summed E-state index contributed by atoms with van der Waals surface area (Å²) in [6.45, 7) is 5.59. The van der Waals surface area contributed by atoms with Gasteiger partial charge in [0.2, 0.25) is 0 Å². The number of benzene rings is 1. The predicted molar refractivity (Wildman–Crippen MR) is 92.6 cm³/mol. The number of hydrogen-bond acceptors (Lipinski definition) is 3. The first-order valence-electron chi connectivity index (χ1n) is 8.03. The molecule has 0 aliphatic rings. The Labute approximate surface area is 154 Å². The van der Waals surface area contributed by atoms with Crippen LogP contribution in [-0.4, -0.2) is 28.4 Å². The number of nitrogens with one attached hydrogen (secondary N) is 1. The summed E-state index contributed by atoms with van der Waals surface area (Å²) in [4.78, 5) is 12.3. The number of hydrogen-bond donors (Lipinski definition) is 1. The van der Waals surface area contributed by atoms with Gasteiger partial charge in [-0.2, -0.15) is 18.3 Å². The SMILES string of the molecule is CCOC(CC)C(=O)Nc1cc(C)nn1-c1cc(C(F)(F)F)ccc1Cl. The van der Waals surface area contributed by atoms with E-state index < -0.39 is 23.8 Å². The average Bonchev–Trinajstić information content (AvgIpc) is 2.91. The molecule has 9 heteroatoms. The Hall–Kier alpha value is -2.06. The van der Waals surface area contributed by atoms with Crippen molar-refractivity contribution in [2.24, 2.45) is 0 Å². The molecule has 2 rings (SSSR count). The van der Waals surface area contributed by atoms with Crippen molar-refractivity contribution in [1.82, 2.24) is 9.78 Å². The van der Waals surface area contributed by atoms with E-state index in [9.17, 15) is 18.0 Å². The minimum atomic E-state index is -4.52. The molecular weight excluding hydrogens is 371 g/mol. The van der Waals surface area contributed by atoms with E-state index in [1.807, 2.05) is 0 Å². The number of aryl methyl sites for hydroxylation is 1. The van der Waals surface area contributed by atoms with Crippen LogP contribution >= 0.6 is 11.6 Å². The Kier molecular flexibility index (Phi) is 6.30. The standard InChI is InChI=1S/C17H19ClF3N3O2/c1-4-14(26-5-2)16(25)22-15-8-10(3)23-24(15)13-9-11(17(19,20)21)6-7-12(13)18/h6-9,14H,4-5H2,1-3H3,(H,22,25). The van der Waals surface area contributed by atoms with E-state index in [1.165, 1.54) is 4.68 Å². The highest BCUT2D eigenvalue weighted by molar-refractivity contribution is 6.32. The number of carbonyl (C=O) groups excluding carboxylic acids is 1. The van der Waals surface area contributed by atoms with E-state index in [0.29, 0.717) is 18.7 Å². The zero-order valence-electron chi connectivity index (χ0n) is 14.5. The van der Waals surface area contributed by atoms with E-state index >= 15 is 0 Å². The fraction of sp³-hybridized carbons (Fsp3) is 0.412. The first kappa shape index (κ1) is 20.3. The highest BCUT2D eigenvalue weighted by Crippen LogP contribution is 2.34. The molecule has 1 amide bonds. The number of aromatic nitrogens is 2. The summed E-state index contributed by atoms with van der Waals surface area (Å²) in [6.07, 6.45) is -4.73. The third-order valence-corrected chi connectivity index (χ3v) is 3.94. The summed E-state index contributed by atoms with van der Waals surface area (Å²) in [5.74, 6) is -0.189. The van der Waals surface area contributed by atoms with Crippen LogP contribution in [0.4, 0.5) is 19.0 Å². The number of alkyl halides is 3. The van der Waals surface area contributed by atoms with Crippen molar-refractivity contribution in [3.63, 3.8) is 0 Å². The number of anilines is 1. The predicted octanol–water partition coefficient (Wildman–Crippen LogP) is 4.61. The van der Waals surface area contributed by atoms with Crippen LogP contribution in [0.15, 0.2) is 24.3 Å². The second-order valence-electron chi connectivity index (χ2n) is 5.59. The summed E-state index contributed by atoms with van der Waals surface area (Å²) >= 11 is 6.07. The van der Waals surface area contributed by atoms with Crippen LogP contribution in [0.2, 0.25) is 5.02 Å². The molecular formula is C17H19ClF3N3O2. The van der Waals surface area contributed by atoms with Gasteiger partial charge in [-0.25, -0.2) is 4.68 Å². The highest BCUT2D eigenvalue weighted by Gasteiger charge is 2.31. The molecule has 1 N–H and O–H groups in total. The Bertz CT molecular complexity index is 790. The van der Waals surface area contributed by atoms with Gasteiger partial charge in [0.25, 0.3) is 5.91 Å². The fourth-order valence-electron chi connectivity index (χ4n) is 2.41. The molecule has 142 valence electrons. The van der Waals surface area contributed by atoms with E-state index in [4.69, 9.17) is 16.3 Å². The third kappa shape index (κ3) is 4.56. The molecule has 0 radical (unpaired) electrons. The number of nitrogens with zero attached hydrogens (tertiary/aromatic N) is 2. The minimum Gasteiger partial charge on any atom is -0.369 e. The molecule has 2 aromatic rings. The first-order valence-corrected chi connectivity index (χ1v) is 8.41. The van der Waals surface area contributed by atoms with Gasteiger partial charge in [0.05, 0.1) is 22.0 Å². The molecule has 1 aromatic heterocycles. The molecule has 1 atom stereocenters. The Morgan fingerprint density at radius 3 is 2.62 bits per heavy atom. The molecule has 0 aliphatic carbocycles. The summed E-state index contributed by atoms with van der Waals surface area (Å²) in [7, 11) is 0. The van der Waals surface area contributed by atoms with Crippen molar-refractivity contribution >= 4 is 23.3 Å². The molecule has 1 unspecified atom stereocenters. The van der Waals surface area contributed by atoms with Crippen molar-refractivity contribution in [3.8, 4) is 5.69 Å². The first-order chi connectivity index (χ1) is 12.2. The van der Waals surface area contributed by atoms with Gasteiger partial charge in [-0.15, -0.1) is 0 Å². The van der Waals surface area contributed by atoms with Gasteiger partial charge < -0.3 is 10.1 Å². The Morgan fingerprint density at radius 1 is 1.35 bits per heavy atom. The lowest BCUT2D eigenvalue weighted by Gasteiger charge is -2.16. The quantitative estimate of drug-likeness (QED) is 0.785. The van der Waals surface area contributed by atoms with E-state index in [2.05, 4.69) is 10.4 Å². The molecule has 1 heterocycles. The molecule has 1 aromatic carbocycles. The van der Waals surface area contributed by atoms with Gasteiger partial charge in [-0.1, -0.05) is 18.5 Å². The molecule has 0 spiro atoms. The van der Waals surface area contributed by atoms with Crippen LogP contribution in [0.1, 0.15) is 31.5 Å². The van der Waals surface area contributed by atoms with Crippen LogP contribution in [0.3, 0.4) is 0 Å². The molecule has 0 fully saturated rings. The summed E-state index contributed by atoms with van der Waals surface area (Å²) in [6, 6.07) is 4.48. The lowest BCUT2D eigenvalue weighted by atomic mass is 10.2. The van der Waals surface area contributed by atoms with Gasteiger partial charge in [0, 0.05) is 12.7 Å². The maximum atomic E-state index is 13.0. The van der Waals surface area contributed by atoms with Crippen LogP contribution in [0, 0.1) is 6.92 Å².